The van der Waals surface area contributed by atoms with Crippen molar-refractivity contribution in [1.82, 2.24) is 9.97 Å². The predicted octanol–water partition coefficient (Wildman–Crippen LogP) is 0.467. The second-order valence-corrected chi connectivity index (χ2v) is 2.99. The Labute approximate surface area is 82.2 Å². The summed E-state index contributed by atoms with van der Waals surface area (Å²) >= 11 is 0. The maximum Gasteiger partial charge on any atom is 0.223 e. The molecule has 5 heteroatoms. The lowest BCUT2D eigenvalue weighted by Crippen LogP contribution is -2.11. The average molecular weight is 192 g/mol. The van der Waals surface area contributed by atoms with Gasteiger partial charge in [0.25, 0.3) is 0 Å². The van der Waals surface area contributed by atoms with Crippen LogP contribution in [0.5, 0.6) is 0 Å². The molecule has 2 heterocycles. The van der Waals surface area contributed by atoms with E-state index in [2.05, 4.69) is 20.3 Å². The van der Waals surface area contributed by atoms with Crippen molar-refractivity contribution in [2.75, 3.05) is 25.6 Å². The first-order chi connectivity index (χ1) is 6.90. The smallest absolute Gasteiger partial charge is 0.223 e. The SMILES string of the molecule is COCCNc1ncc2c(n1)C=NC2. The Hall–Kier alpha value is -1.49. The van der Waals surface area contributed by atoms with Crippen molar-refractivity contribution in [1.29, 1.82) is 0 Å². The molecule has 0 spiro atoms. The van der Waals surface area contributed by atoms with E-state index in [1.165, 1.54) is 0 Å². The molecule has 0 saturated heterocycles. The first kappa shape index (κ1) is 9.08. The summed E-state index contributed by atoms with van der Waals surface area (Å²) in [6, 6.07) is 0. The number of aliphatic imine (C=N–C) groups is 1. The highest BCUT2D eigenvalue weighted by Crippen LogP contribution is 2.12. The number of aromatic nitrogens is 2. The average Bonchev–Trinajstić information content (AvgIpc) is 2.65. The van der Waals surface area contributed by atoms with Crippen LogP contribution in [0, 0.1) is 0 Å². The molecule has 1 aromatic heterocycles. The van der Waals surface area contributed by atoms with E-state index in [-0.39, 0.29) is 0 Å². The Morgan fingerprint density at radius 3 is 3.36 bits per heavy atom. The standard InChI is InChI=1S/C9H12N4O/c1-14-3-2-11-9-12-5-7-4-10-6-8(7)13-9/h5-6H,2-4H2,1H3,(H,11,12,13). The van der Waals surface area contributed by atoms with Gasteiger partial charge in [0.2, 0.25) is 5.95 Å². The zero-order chi connectivity index (χ0) is 9.80. The molecular weight excluding hydrogens is 180 g/mol. The minimum Gasteiger partial charge on any atom is -0.383 e. The van der Waals surface area contributed by atoms with Gasteiger partial charge in [0.05, 0.1) is 18.8 Å². The highest BCUT2D eigenvalue weighted by Gasteiger charge is 2.08. The number of nitrogens with zero attached hydrogens (tertiary/aromatic N) is 3. The molecule has 0 radical (unpaired) electrons. The molecule has 5 nitrogen and oxygen atoms in total. The summed E-state index contributed by atoms with van der Waals surface area (Å²) in [4.78, 5) is 12.6. The Balaban J connectivity index is 2.01. The monoisotopic (exact) mass is 192 g/mol. The summed E-state index contributed by atoms with van der Waals surface area (Å²) in [6.07, 6.45) is 3.59. The summed E-state index contributed by atoms with van der Waals surface area (Å²) in [5.74, 6) is 0.633. The topological polar surface area (TPSA) is 59.4 Å². The zero-order valence-corrected chi connectivity index (χ0v) is 8.03. The summed E-state index contributed by atoms with van der Waals surface area (Å²) in [6.45, 7) is 2.06. The minimum atomic E-state index is 0.633. The molecule has 74 valence electrons. The van der Waals surface area contributed by atoms with Crippen LogP contribution in [0.2, 0.25) is 0 Å². The third-order valence-corrected chi connectivity index (χ3v) is 1.96. The van der Waals surface area contributed by atoms with Gasteiger partial charge >= 0.3 is 0 Å². The lowest BCUT2D eigenvalue weighted by molar-refractivity contribution is 0.210. The number of hydrogen-bond donors (Lipinski definition) is 1. The molecule has 0 saturated carbocycles. The highest BCUT2D eigenvalue weighted by atomic mass is 16.5. The maximum atomic E-state index is 4.91. The van der Waals surface area contributed by atoms with E-state index in [9.17, 15) is 0 Å². The summed E-state index contributed by atoms with van der Waals surface area (Å²) in [5.41, 5.74) is 2.00. The van der Waals surface area contributed by atoms with Crippen molar-refractivity contribution in [3.05, 3.63) is 17.5 Å². The number of hydrogen-bond acceptors (Lipinski definition) is 5. The van der Waals surface area contributed by atoms with Crippen LogP contribution in [0.4, 0.5) is 5.95 Å². The van der Waals surface area contributed by atoms with Crippen LogP contribution in [0.25, 0.3) is 0 Å². The summed E-state index contributed by atoms with van der Waals surface area (Å²) in [7, 11) is 1.66. The number of anilines is 1. The largest absolute Gasteiger partial charge is 0.383 e. The molecule has 0 aliphatic carbocycles. The van der Waals surface area contributed by atoms with Gasteiger partial charge in [0.1, 0.15) is 0 Å². The second-order valence-electron chi connectivity index (χ2n) is 2.99. The number of ether oxygens (including phenoxy) is 1. The molecule has 1 N–H and O–H groups in total. The van der Waals surface area contributed by atoms with Crippen molar-refractivity contribution in [3.8, 4) is 0 Å². The molecule has 0 aromatic carbocycles. The van der Waals surface area contributed by atoms with Crippen molar-refractivity contribution < 1.29 is 4.74 Å². The van der Waals surface area contributed by atoms with E-state index >= 15 is 0 Å². The highest BCUT2D eigenvalue weighted by molar-refractivity contribution is 5.81. The van der Waals surface area contributed by atoms with Crippen molar-refractivity contribution in [2.24, 2.45) is 4.99 Å². The molecule has 1 aliphatic heterocycles. The molecule has 0 fully saturated rings. The number of rotatable bonds is 4. The van der Waals surface area contributed by atoms with Crippen LogP contribution in [-0.2, 0) is 11.3 Å². The molecule has 0 atom stereocenters. The molecule has 0 unspecified atom stereocenters. The van der Waals surface area contributed by atoms with E-state index in [0.29, 0.717) is 25.6 Å². The lowest BCUT2D eigenvalue weighted by atomic mass is 10.3. The minimum absolute atomic E-state index is 0.633. The van der Waals surface area contributed by atoms with Gasteiger partial charge < -0.3 is 10.1 Å². The Morgan fingerprint density at radius 1 is 1.57 bits per heavy atom. The van der Waals surface area contributed by atoms with Crippen LogP contribution in [-0.4, -0.2) is 36.4 Å². The van der Waals surface area contributed by atoms with Gasteiger partial charge in [0.15, 0.2) is 0 Å². The van der Waals surface area contributed by atoms with Gasteiger partial charge in [-0.2, -0.15) is 0 Å². The Morgan fingerprint density at radius 2 is 2.50 bits per heavy atom. The third kappa shape index (κ3) is 1.88. The quantitative estimate of drug-likeness (QED) is 0.704. The predicted molar refractivity (Wildman–Crippen MR) is 53.7 cm³/mol. The van der Waals surface area contributed by atoms with Crippen LogP contribution < -0.4 is 5.32 Å². The number of fused-ring (bicyclic) bond motifs is 1. The van der Waals surface area contributed by atoms with Crippen LogP contribution in [0.15, 0.2) is 11.2 Å². The molecule has 0 amide bonds. The molecule has 14 heavy (non-hydrogen) atoms. The fraction of sp³-hybridized carbons (Fsp3) is 0.444. The Bertz CT molecular complexity index is 351. The fourth-order valence-electron chi connectivity index (χ4n) is 1.23. The zero-order valence-electron chi connectivity index (χ0n) is 8.03. The molecule has 0 bridgehead atoms. The van der Waals surface area contributed by atoms with Crippen molar-refractivity contribution in [2.45, 2.75) is 6.54 Å². The molecule has 1 aromatic rings. The number of methoxy groups -OCH3 is 1. The first-order valence-electron chi connectivity index (χ1n) is 4.48. The van der Waals surface area contributed by atoms with Gasteiger partial charge in [-0.1, -0.05) is 0 Å². The fourth-order valence-corrected chi connectivity index (χ4v) is 1.23. The van der Waals surface area contributed by atoms with E-state index in [1.54, 1.807) is 13.3 Å². The van der Waals surface area contributed by atoms with Crippen molar-refractivity contribution >= 4 is 12.2 Å². The number of nitrogens with one attached hydrogen (secondary N) is 1. The van der Waals surface area contributed by atoms with Gasteiger partial charge in [-0.3, -0.25) is 4.99 Å². The van der Waals surface area contributed by atoms with Gasteiger partial charge in [-0.25, -0.2) is 9.97 Å². The van der Waals surface area contributed by atoms with E-state index in [4.69, 9.17) is 4.74 Å². The normalized spacial score (nSPS) is 12.9. The van der Waals surface area contributed by atoms with Gasteiger partial charge in [-0.15, -0.1) is 0 Å². The van der Waals surface area contributed by atoms with Crippen LogP contribution >= 0.6 is 0 Å². The van der Waals surface area contributed by atoms with Crippen LogP contribution in [0.1, 0.15) is 11.3 Å². The Kier molecular flexibility index (Phi) is 2.69. The molecule has 1 aliphatic rings. The van der Waals surface area contributed by atoms with E-state index in [1.807, 2.05) is 6.20 Å². The molecular formula is C9H12N4O. The van der Waals surface area contributed by atoms with Crippen molar-refractivity contribution in [3.63, 3.8) is 0 Å². The summed E-state index contributed by atoms with van der Waals surface area (Å²) < 4.78 is 4.91. The maximum absolute atomic E-state index is 4.91. The van der Waals surface area contributed by atoms with E-state index in [0.717, 1.165) is 11.3 Å². The summed E-state index contributed by atoms with van der Waals surface area (Å²) in [5, 5.41) is 3.07. The van der Waals surface area contributed by atoms with Crippen LogP contribution in [0.3, 0.4) is 0 Å². The third-order valence-electron chi connectivity index (χ3n) is 1.96. The second kappa shape index (κ2) is 4.15. The van der Waals surface area contributed by atoms with E-state index < -0.39 is 0 Å². The van der Waals surface area contributed by atoms with Gasteiger partial charge in [-0.05, 0) is 0 Å². The molecule has 2 rings (SSSR count). The van der Waals surface area contributed by atoms with Gasteiger partial charge in [0, 0.05) is 31.6 Å². The lowest BCUT2D eigenvalue weighted by Gasteiger charge is -2.04. The first-order valence-corrected chi connectivity index (χ1v) is 4.48.